The van der Waals surface area contributed by atoms with E-state index in [0.717, 1.165) is 12.5 Å². The predicted octanol–water partition coefficient (Wildman–Crippen LogP) is 3.10. The minimum atomic E-state index is -2.82. The number of nitrogens with one attached hydrogen (secondary N) is 1. The number of benzene rings is 1. The van der Waals surface area contributed by atoms with Crippen LogP contribution in [0.15, 0.2) is 24.3 Å². The van der Waals surface area contributed by atoms with Crippen molar-refractivity contribution in [3.8, 4) is 5.75 Å². The molecule has 0 spiro atoms. The third-order valence-electron chi connectivity index (χ3n) is 3.74. The second-order valence-electron chi connectivity index (χ2n) is 5.27. The van der Waals surface area contributed by atoms with Crippen molar-refractivity contribution in [2.45, 2.75) is 38.4 Å². The Labute approximate surface area is 117 Å². The Bertz CT molecular complexity index is 391. The number of hydrogen-bond donors (Lipinski definition) is 2. The van der Waals surface area contributed by atoms with Crippen molar-refractivity contribution in [1.29, 1.82) is 0 Å². The first-order chi connectivity index (χ1) is 9.65. The maximum atomic E-state index is 12.0. The van der Waals surface area contributed by atoms with Crippen molar-refractivity contribution >= 4 is 0 Å². The average Bonchev–Trinajstić information content (AvgIpc) is 2.92. The molecule has 1 fully saturated rings. The molecule has 2 N–H and O–H groups in total. The van der Waals surface area contributed by atoms with Crippen LogP contribution >= 0.6 is 0 Å². The highest BCUT2D eigenvalue weighted by Gasteiger charge is 2.15. The molecule has 20 heavy (non-hydrogen) atoms. The topological polar surface area (TPSA) is 41.5 Å². The number of ether oxygens (including phenoxy) is 1. The summed E-state index contributed by atoms with van der Waals surface area (Å²) >= 11 is 0. The Morgan fingerprint density at radius 3 is 2.45 bits per heavy atom. The fourth-order valence-electron chi connectivity index (χ4n) is 2.63. The van der Waals surface area contributed by atoms with E-state index >= 15 is 0 Å². The molecule has 1 unspecified atom stereocenters. The van der Waals surface area contributed by atoms with Crippen LogP contribution in [0.25, 0.3) is 0 Å². The molecule has 1 atom stereocenters. The molecule has 0 aliphatic heterocycles. The predicted molar refractivity (Wildman–Crippen MR) is 72.9 cm³/mol. The number of rotatable bonds is 7. The number of alkyl halides is 2. The van der Waals surface area contributed by atoms with Gasteiger partial charge in [0, 0.05) is 6.54 Å². The van der Waals surface area contributed by atoms with E-state index in [4.69, 9.17) is 0 Å². The van der Waals surface area contributed by atoms with Gasteiger partial charge >= 0.3 is 6.61 Å². The average molecular weight is 285 g/mol. The molecule has 1 aliphatic carbocycles. The molecular weight excluding hydrogens is 264 g/mol. The van der Waals surface area contributed by atoms with Crippen molar-refractivity contribution in [2.75, 3.05) is 13.1 Å². The number of aliphatic hydroxyl groups excluding tert-OH is 1. The molecule has 1 aromatic rings. The van der Waals surface area contributed by atoms with Crippen LogP contribution < -0.4 is 10.1 Å². The van der Waals surface area contributed by atoms with Crippen LogP contribution in [-0.4, -0.2) is 24.8 Å². The summed E-state index contributed by atoms with van der Waals surface area (Å²) in [7, 11) is 0. The van der Waals surface area contributed by atoms with E-state index in [2.05, 4.69) is 10.1 Å². The van der Waals surface area contributed by atoms with Gasteiger partial charge in [0.2, 0.25) is 0 Å². The van der Waals surface area contributed by atoms with Crippen molar-refractivity contribution in [3.05, 3.63) is 29.8 Å². The Balaban J connectivity index is 1.75. The summed E-state index contributed by atoms with van der Waals surface area (Å²) in [5.41, 5.74) is 0.700. The summed E-state index contributed by atoms with van der Waals surface area (Å²) in [6.07, 6.45) is 4.52. The number of halogens is 2. The van der Waals surface area contributed by atoms with Crippen LogP contribution in [0.4, 0.5) is 8.78 Å². The van der Waals surface area contributed by atoms with Crippen LogP contribution in [0.5, 0.6) is 5.75 Å². The molecule has 1 aliphatic rings. The van der Waals surface area contributed by atoms with Gasteiger partial charge in [-0.25, -0.2) is 0 Å². The van der Waals surface area contributed by atoms with Gasteiger partial charge in [-0.1, -0.05) is 25.0 Å². The first-order valence-corrected chi connectivity index (χ1v) is 7.08. The van der Waals surface area contributed by atoms with Crippen molar-refractivity contribution in [1.82, 2.24) is 5.32 Å². The van der Waals surface area contributed by atoms with Gasteiger partial charge in [-0.05, 0) is 43.0 Å². The summed E-state index contributed by atoms with van der Waals surface area (Å²) in [4.78, 5) is 0. The second-order valence-corrected chi connectivity index (χ2v) is 5.27. The van der Waals surface area contributed by atoms with Gasteiger partial charge in [0.1, 0.15) is 5.75 Å². The minimum absolute atomic E-state index is 0.106. The highest BCUT2D eigenvalue weighted by atomic mass is 19.3. The van der Waals surface area contributed by atoms with E-state index in [9.17, 15) is 13.9 Å². The molecule has 0 saturated heterocycles. The number of hydrogen-bond acceptors (Lipinski definition) is 3. The Morgan fingerprint density at radius 2 is 1.85 bits per heavy atom. The largest absolute Gasteiger partial charge is 0.435 e. The summed E-state index contributed by atoms with van der Waals surface area (Å²) in [6, 6.07) is 6.11. The van der Waals surface area contributed by atoms with Crippen LogP contribution in [0.3, 0.4) is 0 Å². The first kappa shape index (κ1) is 15.2. The fourth-order valence-corrected chi connectivity index (χ4v) is 2.63. The molecule has 0 aromatic heterocycles. The van der Waals surface area contributed by atoms with Gasteiger partial charge in [-0.15, -0.1) is 0 Å². The maximum absolute atomic E-state index is 12.0. The summed E-state index contributed by atoms with van der Waals surface area (Å²) < 4.78 is 28.3. The lowest BCUT2D eigenvalue weighted by Gasteiger charge is -2.15. The normalized spacial score (nSPS) is 17.6. The van der Waals surface area contributed by atoms with Crippen LogP contribution in [-0.2, 0) is 0 Å². The zero-order valence-corrected chi connectivity index (χ0v) is 11.4. The Hall–Kier alpha value is -1.20. The zero-order chi connectivity index (χ0) is 14.4. The molecule has 0 amide bonds. The molecule has 0 radical (unpaired) electrons. The van der Waals surface area contributed by atoms with Gasteiger partial charge in [-0.3, -0.25) is 0 Å². The lowest BCUT2D eigenvalue weighted by molar-refractivity contribution is -0.0498. The summed E-state index contributed by atoms with van der Waals surface area (Å²) in [6.45, 7) is -1.41. The van der Waals surface area contributed by atoms with E-state index in [1.54, 1.807) is 12.1 Å². The van der Waals surface area contributed by atoms with Crippen LogP contribution in [0.1, 0.15) is 37.4 Å². The smallest absolute Gasteiger partial charge is 0.387 e. The Morgan fingerprint density at radius 1 is 1.20 bits per heavy atom. The summed E-state index contributed by atoms with van der Waals surface area (Å²) in [5.74, 6) is 0.832. The standard InChI is InChI=1S/C15H21F2NO2/c16-15(17)20-13-7-5-12(6-8-13)14(19)10-18-9-11-3-1-2-4-11/h5-8,11,14-15,18-19H,1-4,9-10H2. The molecule has 2 rings (SSSR count). The monoisotopic (exact) mass is 285 g/mol. The van der Waals surface area contributed by atoms with E-state index < -0.39 is 12.7 Å². The van der Waals surface area contributed by atoms with Crippen molar-refractivity contribution < 1.29 is 18.6 Å². The van der Waals surface area contributed by atoms with Crippen LogP contribution in [0, 0.1) is 5.92 Å². The molecular formula is C15H21F2NO2. The minimum Gasteiger partial charge on any atom is -0.435 e. The zero-order valence-electron chi connectivity index (χ0n) is 11.4. The summed E-state index contributed by atoms with van der Waals surface area (Å²) in [5, 5.41) is 13.3. The molecule has 0 bridgehead atoms. The Kier molecular flexibility index (Phi) is 5.73. The molecule has 1 aromatic carbocycles. The highest BCUT2D eigenvalue weighted by Crippen LogP contribution is 2.24. The molecule has 0 heterocycles. The van der Waals surface area contributed by atoms with Crippen LogP contribution in [0.2, 0.25) is 0 Å². The molecule has 5 heteroatoms. The van der Waals surface area contributed by atoms with E-state index in [0.29, 0.717) is 12.1 Å². The maximum Gasteiger partial charge on any atom is 0.387 e. The molecule has 1 saturated carbocycles. The molecule has 3 nitrogen and oxygen atoms in total. The van der Waals surface area contributed by atoms with Gasteiger partial charge in [0.05, 0.1) is 6.10 Å². The third-order valence-corrected chi connectivity index (χ3v) is 3.74. The van der Waals surface area contributed by atoms with E-state index in [-0.39, 0.29) is 5.75 Å². The third kappa shape index (κ3) is 4.72. The lowest BCUT2D eigenvalue weighted by Crippen LogP contribution is -2.26. The SMILES string of the molecule is OC(CNCC1CCCC1)c1ccc(OC(F)F)cc1. The quantitative estimate of drug-likeness (QED) is 0.809. The lowest BCUT2D eigenvalue weighted by atomic mass is 10.1. The van der Waals surface area contributed by atoms with Gasteiger partial charge in [-0.2, -0.15) is 8.78 Å². The highest BCUT2D eigenvalue weighted by molar-refractivity contribution is 5.28. The number of aliphatic hydroxyl groups is 1. The first-order valence-electron chi connectivity index (χ1n) is 7.08. The van der Waals surface area contributed by atoms with Gasteiger partial charge < -0.3 is 15.2 Å². The second kappa shape index (κ2) is 7.55. The van der Waals surface area contributed by atoms with Gasteiger partial charge in [0.15, 0.2) is 0 Å². The molecule has 112 valence electrons. The van der Waals surface area contributed by atoms with Crippen molar-refractivity contribution in [3.63, 3.8) is 0 Å². The van der Waals surface area contributed by atoms with Crippen molar-refractivity contribution in [2.24, 2.45) is 5.92 Å². The van der Waals surface area contributed by atoms with E-state index in [1.807, 2.05) is 0 Å². The fraction of sp³-hybridized carbons (Fsp3) is 0.600. The van der Waals surface area contributed by atoms with E-state index in [1.165, 1.54) is 37.8 Å². The van der Waals surface area contributed by atoms with Gasteiger partial charge in [0.25, 0.3) is 0 Å².